The van der Waals surface area contributed by atoms with E-state index in [2.05, 4.69) is 20.9 Å². The highest BCUT2D eigenvalue weighted by atomic mass is 79.9. The van der Waals surface area contributed by atoms with Crippen molar-refractivity contribution in [1.82, 2.24) is 4.98 Å². The molecule has 1 aromatic rings. The van der Waals surface area contributed by atoms with Crippen LogP contribution in [0, 0.1) is 11.8 Å². The molecule has 100 valence electrons. The van der Waals surface area contributed by atoms with Crippen LogP contribution >= 0.6 is 27.3 Å². The van der Waals surface area contributed by atoms with Crippen LogP contribution in [0.1, 0.15) is 36.2 Å². The Morgan fingerprint density at radius 2 is 1.94 bits per heavy atom. The summed E-state index contributed by atoms with van der Waals surface area (Å²) < 4.78 is 38.1. The average molecular weight is 342 g/mol. The molecular formula is C11H11BrF3NOS. The van der Waals surface area contributed by atoms with Crippen molar-refractivity contribution in [2.24, 2.45) is 11.8 Å². The molecule has 1 fully saturated rings. The molecule has 1 aliphatic carbocycles. The van der Waals surface area contributed by atoms with E-state index < -0.39 is 12.1 Å². The zero-order chi connectivity index (χ0) is 13.3. The number of nitrogens with zero attached hydrogens (tertiary/aromatic N) is 1. The molecule has 0 unspecified atom stereocenters. The molecule has 0 atom stereocenters. The number of halogens is 4. The Morgan fingerprint density at radius 1 is 1.33 bits per heavy atom. The lowest BCUT2D eigenvalue weighted by atomic mass is 9.79. The van der Waals surface area contributed by atoms with E-state index in [0.29, 0.717) is 22.5 Å². The molecular weight excluding hydrogens is 331 g/mol. The second-order valence-corrected chi connectivity index (χ2v) is 6.57. The number of hydrogen-bond donors (Lipinski definition) is 0. The summed E-state index contributed by atoms with van der Waals surface area (Å²) >= 11 is 4.47. The van der Waals surface area contributed by atoms with Gasteiger partial charge in [0, 0.05) is 11.3 Å². The van der Waals surface area contributed by atoms with Gasteiger partial charge < -0.3 is 0 Å². The molecule has 0 aliphatic heterocycles. The fourth-order valence-corrected chi connectivity index (χ4v) is 3.26. The minimum Gasteiger partial charge on any atom is -0.292 e. The number of alkyl halides is 3. The summed E-state index contributed by atoms with van der Waals surface area (Å²) in [6.07, 6.45) is -3.43. The van der Waals surface area contributed by atoms with Gasteiger partial charge in [-0.15, -0.1) is 11.3 Å². The van der Waals surface area contributed by atoms with E-state index in [1.165, 1.54) is 11.3 Å². The number of Topliss-reactive ketones (excluding diaryl/α,β-unsaturated/α-hetero) is 1. The zero-order valence-electron chi connectivity index (χ0n) is 9.34. The van der Waals surface area contributed by atoms with Gasteiger partial charge in [0.05, 0.1) is 5.92 Å². The molecule has 1 heterocycles. The Labute approximate surface area is 115 Å². The highest BCUT2D eigenvalue weighted by molar-refractivity contribution is 9.11. The first-order chi connectivity index (χ1) is 8.38. The van der Waals surface area contributed by atoms with Gasteiger partial charge in [0.2, 0.25) is 0 Å². The molecule has 0 radical (unpaired) electrons. The minimum absolute atomic E-state index is 0.0468. The van der Waals surface area contributed by atoms with Crippen molar-refractivity contribution in [3.63, 3.8) is 0 Å². The summed E-state index contributed by atoms with van der Waals surface area (Å²) in [5.41, 5.74) is 0.363. The molecule has 0 saturated heterocycles. The number of rotatable bonds is 2. The van der Waals surface area contributed by atoms with Crippen LogP contribution < -0.4 is 0 Å². The van der Waals surface area contributed by atoms with Gasteiger partial charge in [0.1, 0.15) is 5.69 Å². The molecule has 1 saturated carbocycles. The molecule has 0 spiro atoms. The maximum atomic E-state index is 12.5. The first-order valence-electron chi connectivity index (χ1n) is 5.60. The summed E-state index contributed by atoms with van der Waals surface area (Å²) in [6.45, 7) is 0. The summed E-state index contributed by atoms with van der Waals surface area (Å²) in [4.78, 5) is 16.0. The van der Waals surface area contributed by atoms with Gasteiger partial charge in [0.15, 0.2) is 9.70 Å². The third-order valence-electron chi connectivity index (χ3n) is 3.29. The van der Waals surface area contributed by atoms with Gasteiger partial charge in [-0.05, 0) is 41.6 Å². The van der Waals surface area contributed by atoms with Gasteiger partial charge in [0.25, 0.3) is 0 Å². The van der Waals surface area contributed by atoms with Crippen molar-refractivity contribution in [2.45, 2.75) is 31.9 Å². The van der Waals surface area contributed by atoms with Gasteiger partial charge >= 0.3 is 6.18 Å². The van der Waals surface area contributed by atoms with Gasteiger partial charge in [-0.25, -0.2) is 4.98 Å². The van der Waals surface area contributed by atoms with Crippen molar-refractivity contribution >= 4 is 33.0 Å². The lowest BCUT2D eigenvalue weighted by Crippen LogP contribution is -2.30. The molecule has 0 bridgehead atoms. The number of ketones is 1. The number of carbonyl (C=O) groups excluding carboxylic acids is 1. The SMILES string of the molecule is O=C(c1csc(Br)n1)[C@H]1CC[C@H](C(F)(F)F)CC1. The van der Waals surface area contributed by atoms with Crippen LogP contribution in [0.5, 0.6) is 0 Å². The maximum absolute atomic E-state index is 12.5. The van der Waals surface area contributed by atoms with E-state index >= 15 is 0 Å². The molecule has 0 amide bonds. The summed E-state index contributed by atoms with van der Waals surface area (Å²) in [5, 5.41) is 1.64. The second-order valence-electron chi connectivity index (χ2n) is 4.44. The Hall–Kier alpha value is -0.430. The van der Waals surface area contributed by atoms with E-state index in [1.807, 2.05) is 0 Å². The smallest absolute Gasteiger partial charge is 0.292 e. The normalized spacial score (nSPS) is 25.1. The number of hydrogen-bond acceptors (Lipinski definition) is 3. The van der Waals surface area contributed by atoms with Crippen LogP contribution in [0.3, 0.4) is 0 Å². The van der Waals surface area contributed by atoms with Gasteiger partial charge in [-0.1, -0.05) is 0 Å². The maximum Gasteiger partial charge on any atom is 0.391 e. The summed E-state index contributed by atoms with van der Waals surface area (Å²) in [7, 11) is 0. The number of thiazole rings is 1. The third kappa shape index (κ3) is 3.12. The van der Waals surface area contributed by atoms with Crippen molar-refractivity contribution in [3.05, 3.63) is 15.0 Å². The highest BCUT2D eigenvalue weighted by Crippen LogP contribution is 2.40. The van der Waals surface area contributed by atoms with Gasteiger partial charge in [-0.2, -0.15) is 13.2 Å². The molecule has 7 heteroatoms. The van der Waals surface area contributed by atoms with Crippen LogP contribution in [-0.2, 0) is 0 Å². The minimum atomic E-state index is -4.13. The molecule has 2 rings (SSSR count). The third-order valence-corrected chi connectivity index (χ3v) is 4.65. The molecule has 1 aromatic heterocycles. The molecule has 0 N–H and O–H groups in total. The van der Waals surface area contributed by atoms with Crippen LogP contribution in [0.15, 0.2) is 9.30 Å². The summed E-state index contributed by atoms with van der Waals surface area (Å²) in [6, 6.07) is 0. The van der Waals surface area contributed by atoms with Crippen molar-refractivity contribution in [2.75, 3.05) is 0 Å². The van der Waals surface area contributed by atoms with Crippen molar-refractivity contribution in [1.29, 1.82) is 0 Å². The Bertz CT molecular complexity index is 438. The zero-order valence-corrected chi connectivity index (χ0v) is 11.7. The second kappa shape index (κ2) is 5.28. The van der Waals surface area contributed by atoms with Crippen molar-refractivity contribution < 1.29 is 18.0 Å². The monoisotopic (exact) mass is 341 g/mol. The van der Waals surface area contributed by atoms with Crippen LogP contribution in [0.25, 0.3) is 0 Å². The molecule has 1 aliphatic rings. The van der Waals surface area contributed by atoms with E-state index in [4.69, 9.17) is 0 Å². The Balaban J connectivity index is 1.96. The van der Waals surface area contributed by atoms with Crippen LogP contribution in [-0.4, -0.2) is 16.9 Å². The van der Waals surface area contributed by atoms with E-state index in [-0.39, 0.29) is 24.5 Å². The number of aromatic nitrogens is 1. The van der Waals surface area contributed by atoms with E-state index in [1.54, 1.807) is 5.38 Å². The topological polar surface area (TPSA) is 30.0 Å². The molecule has 2 nitrogen and oxygen atoms in total. The quantitative estimate of drug-likeness (QED) is 0.743. The lowest BCUT2D eigenvalue weighted by Gasteiger charge is -2.28. The average Bonchev–Trinajstić information content (AvgIpc) is 2.74. The summed E-state index contributed by atoms with van der Waals surface area (Å²) in [5.74, 6) is -1.68. The lowest BCUT2D eigenvalue weighted by molar-refractivity contribution is -0.183. The Kier molecular flexibility index (Phi) is 4.11. The predicted molar refractivity (Wildman–Crippen MR) is 65.6 cm³/mol. The number of carbonyl (C=O) groups is 1. The first kappa shape index (κ1) is 14.0. The van der Waals surface area contributed by atoms with Crippen molar-refractivity contribution in [3.8, 4) is 0 Å². The van der Waals surface area contributed by atoms with E-state index in [0.717, 1.165) is 0 Å². The van der Waals surface area contributed by atoms with Crippen LogP contribution in [0.2, 0.25) is 0 Å². The predicted octanol–water partition coefficient (Wildman–Crippen LogP) is 4.46. The van der Waals surface area contributed by atoms with Gasteiger partial charge in [-0.3, -0.25) is 4.79 Å². The molecule has 0 aromatic carbocycles. The highest BCUT2D eigenvalue weighted by Gasteiger charge is 2.42. The standard InChI is InChI=1S/C11H11BrF3NOS/c12-10-16-8(5-18-10)9(17)6-1-3-7(4-2-6)11(13,14)15/h5-7H,1-4H2/t6-,7-. The largest absolute Gasteiger partial charge is 0.391 e. The fraction of sp³-hybridized carbons (Fsp3) is 0.636. The van der Waals surface area contributed by atoms with Crippen LogP contribution in [0.4, 0.5) is 13.2 Å². The Morgan fingerprint density at radius 3 is 2.39 bits per heavy atom. The fourth-order valence-electron chi connectivity index (χ4n) is 2.26. The molecule has 18 heavy (non-hydrogen) atoms. The van der Waals surface area contributed by atoms with E-state index in [9.17, 15) is 18.0 Å². The first-order valence-corrected chi connectivity index (χ1v) is 7.27.